The van der Waals surface area contributed by atoms with Crippen LogP contribution in [0.4, 0.5) is 5.69 Å². The number of nitrogens with one attached hydrogen (secondary N) is 1. The van der Waals surface area contributed by atoms with E-state index in [1.165, 1.54) is 12.2 Å². The minimum absolute atomic E-state index is 0.370. The van der Waals surface area contributed by atoms with Gasteiger partial charge in [-0.1, -0.05) is 47.0 Å². The van der Waals surface area contributed by atoms with Crippen LogP contribution in [0.3, 0.4) is 0 Å². The fourth-order valence-corrected chi connectivity index (χ4v) is 2.28. The third-order valence-corrected chi connectivity index (χ3v) is 3.60. The minimum atomic E-state index is -0.639. The summed E-state index contributed by atoms with van der Waals surface area (Å²) in [4.78, 5) is 23.4. The van der Waals surface area contributed by atoms with Gasteiger partial charge in [-0.15, -0.1) is 0 Å². The molecule has 4 nitrogen and oxygen atoms in total. The van der Waals surface area contributed by atoms with E-state index >= 15 is 0 Å². The zero-order valence-electron chi connectivity index (χ0n) is 12.9. The highest BCUT2D eigenvalue weighted by atomic mass is 35.5. The maximum absolute atomic E-state index is 11.7. The highest BCUT2D eigenvalue weighted by molar-refractivity contribution is 6.35. The van der Waals surface area contributed by atoms with Crippen molar-refractivity contribution in [2.45, 2.75) is 6.92 Å². The Morgan fingerprint density at radius 1 is 1.12 bits per heavy atom. The number of amides is 1. The van der Waals surface area contributed by atoms with Crippen molar-refractivity contribution in [3.8, 4) is 0 Å². The number of aryl methyl sites for hydroxylation is 1. The van der Waals surface area contributed by atoms with Crippen LogP contribution in [0.5, 0.6) is 0 Å². The van der Waals surface area contributed by atoms with Gasteiger partial charge in [0.05, 0.1) is 0 Å². The average Bonchev–Trinajstić information content (AvgIpc) is 2.54. The predicted octanol–water partition coefficient (Wildman–Crippen LogP) is 4.50. The molecule has 2 aromatic rings. The Labute approximate surface area is 150 Å². The summed E-state index contributed by atoms with van der Waals surface area (Å²) < 4.78 is 4.88. The molecule has 0 heterocycles. The Morgan fingerprint density at radius 2 is 1.83 bits per heavy atom. The first-order valence-corrected chi connectivity index (χ1v) is 7.86. The molecule has 0 bridgehead atoms. The molecule has 0 aliphatic heterocycles. The van der Waals surface area contributed by atoms with Gasteiger partial charge in [0.2, 0.25) is 0 Å². The van der Waals surface area contributed by atoms with E-state index in [2.05, 4.69) is 5.32 Å². The number of ether oxygens (including phenoxy) is 1. The average molecular weight is 364 g/mol. The summed E-state index contributed by atoms with van der Waals surface area (Å²) in [6.45, 7) is 1.58. The first-order chi connectivity index (χ1) is 11.4. The number of carbonyl (C=O) groups excluding carboxylic acids is 2. The summed E-state index contributed by atoms with van der Waals surface area (Å²) in [6, 6.07) is 12.2. The van der Waals surface area contributed by atoms with Crippen LogP contribution < -0.4 is 5.32 Å². The van der Waals surface area contributed by atoms with E-state index in [0.29, 0.717) is 21.3 Å². The Morgan fingerprint density at radius 3 is 2.50 bits per heavy atom. The van der Waals surface area contributed by atoms with Crippen LogP contribution in [0.2, 0.25) is 10.0 Å². The van der Waals surface area contributed by atoms with Crippen molar-refractivity contribution in [1.29, 1.82) is 0 Å². The summed E-state index contributed by atoms with van der Waals surface area (Å²) in [7, 11) is 0. The number of rotatable bonds is 5. The molecule has 124 valence electrons. The largest absolute Gasteiger partial charge is 0.452 e. The standard InChI is InChI=1S/C18H15Cl2NO3/c1-12-2-7-15(8-3-12)21-17(22)11-24-18(23)9-5-13-4-6-14(19)10-16(13)20/h2-10H,11H2,1H3,(H,21,22)/b9-5+. The lowest BCUT2D eigenvalue weighted by Gasteiger charge is -2.05. The van der Waals surface area contributed by atoms with E-state index in [1.807, 2.05) is 19.1 Å². The van der Waals surface area contributed by atoms with Crippen LogP contribution in [0.15, 0.2) is 48.5 Å². The Bertz CT molecular complexity index is 770. The van der Waals surface area contributed by atoms with Crippen molar-refractivity contribution >= 4 is 46.8 Å². The summed E-state index contributed by atoms with van der Waals surface area (Å²) in [5.41, 5.74) is 2.36. The highest BCUT2D eigenvalue weighted by Crippen LogP contribution is 2.21. The Hall–Kier alpha value is -2.30. The monoisotopic (exact) mass is 363 g/mol. The lowest BCUT2D eigenvalue weighted by molar-refractivity contribution is -0.142. The summed E-state index contributed by atoms with van der Waals surface area (Å²) >= 11 is 11.8. The number of anilines is 1. The Kier molecular flexibility index (Phi) is 6.41. The van der Waals surface area contributed by atoms with Gasteiger partial charge in [-0.2, -0.15) is 0 Å². The SMILES string of the molecule is Cc1ccc(NC(=O)COC(=O)/C=C/c2ccc(Cl)cc2Cl)cc1. The molecule has 0 unspecified atom stereocenters. The molecule has 0 saturated heterocycles. The molecule has 0 radical (unpaired) electrons. The van der Waals surface area contributed by atoms with Crippen LogP contribution >= 0.6 is 23.2 Å². The number of hydrogen-bond acceptors (Lipinski definition) is 3. The summed E-state index contributed by atoms with van der Waals surface area (Å²) in [6.07, 6.45) is 2.70. The van der Waals surface area contributed by atoms with Crippen LogP contribution in [0.25, 0.3) is 6.08 Å². The van der Waals surface area contributed by atoms with Crippen molar-refractivity contribution in [3.63, 3.8) is 0 Å². The molecule has 24 heavy (non-hydrogen) atoms. The molecular weight excluding hydrogens is 349 g/mol. The second-order valence-corrected chi connectivity index (χ2v) is 5.86. The van der Waals surface area contributed by atoms with E-state index in [4.69, 9.17) is 27.9 Å². The maximum atomic E-state index is 11.7. The molecular formula is C18H15Cl2NO3. The topological polar surface area (TPSA) is 55.4 Å². The molecule has 1 N–H and O–H groups in total. The van der Waals surface area contributed by atoms with E-state index in [9.17, 15) is 9.59 Å². The molecule has 2 rings (SSSR count). The van der Waals surface area contributed by atoms with Crippen molar-refractivity contribution < 1.29 is 14.3 Å². The first kappa shape index (κ1) is 18.0. The molecule has 0 aliphatic carbocycles. The van der Waals surface area contributed by atoms with Crippen LogP contribution in [0.1, 0.15) is 11.1 Å². The van der Waals surface area contributed by atoms with Gasteiger partial charge in [0.15, 0.2) is 6.61 Å². The third kappa shape index (κ3) is 5.72. The van der Waals surface area contributed by atoms with E-state index < -0.39 is 11.9 Å². The second kappa shape index (κ2) is 8.52. The molecule has 0 aromatic heterocycles. The molecule has 1 amide bonds. The van der Waals surface area contributed by atoms with Crippen LogP contribution in [0, 0.1) is 6.92 Å². The lowest BCUT2D eigenvalue weighted by atomic mass is 10.2. The van der Waals surface area contributed by atoms with Gasteiger partial charge in [0.25, 0.3) is 5.91 Å². The van der Waals surface area contributed by atoms with E-state index in [-0.39, 0.29) is 6.61 Å². The minimum Gasteiger partial charge on any atom is -0.452 e. The fraction of sp³-hybridized carbons (Fsp3) is 0.111. The van der Waals surface area contributed by atoms with Crippen molar-refractivity contribution in [1.82, 2.24) is 0 Å². The molecule has 0 spiro atoms. The molecule has 6 heteroatoms. The molecule has 0 aliphatic rings. The van der Waals surface area contributed by atoms with Gasteiger partial charge in [0.1, 0.15) is 0 Å². The second-order valence-electron chi connectivity index (χ2n) is 5.02. The van der Waals surface area contributed by atoms with Gasteiger partial charge >= 0.3 is 5.97 Å². The predicted molar refractivity (Wildman–Crippen MR) is 96.3 cm³/mol. The van der Waals surface area contributed by atoms with Crippen molar-refractivity contribution in [3.05, 3.63) is 69.7 Å². The number of carbonyl (C=O) groups is 2. The third-order valence-electron chi connectivity index (χ3n) is 3.04. The number of esters is 1. The Balaban J connectivity index is 1.83. The smallest absolute Gasteiger partial charge is 0.331 e. The molecule has 0 atom stereocenters. The zero-order valence-corrected chi connectivity index (χ0v) is 14.4. The van der Waals surface area contributed by atoms with E-state index in [1.54, 1.807) is 30.3 Å². The number of hydrogen-bond donors (Lipinski definition) is 1. The zero-order chi connectivity index (χ0) is 17.5. The molecule has 2 aromatic carbocycles. The van der Waals surface area contributed by atoms with Gasteiger partial charge in [0, 0.05) is 21.8 Å². The van der Waals surface area contributed by atoms with E-state index in [0.717, 1.165) is 5.56 Å². The summed E-state index contributed by atoms with van der Waals surface area (Å²) in [5.74, 6) is -1.05. The fourth-order valence-electron chi connectivity index (χ4n) is 1.81. The lowest BCUT2D eigenvalue weighted by Crippen LogP contribution is -2.20. The van der Waals surface area contributed by atoms with Gasteiger partial charge < -0.3 is 10.1 Å². The summed E-state index contributed by atoms with van der Waals surface area (Å²) in [5, 5.41) is 3.56. The maximum Gasteiger partial charge on any atom is 0.331 e. The highest BCUT2D eigenvalue weighted by Gasteiger charge is 2.06. The van der Waals surface area contributed by atoms with Gasteiger partial charge in [-0.25, -0.2) is 4.79 Å². The van der Waals surface area contributed by atoms with Crippen molar-refractivity contribution in [2.24, 2.45) is 0 Å². The van der Waals surface area contributed by atoms with Crippen LogP contribution in [-0.2, 0) is 14.3 Å². The quantitative estimate of drug-likeness (QED) is 0.628. The van der Waals surface area contributed by atoms with Gasteiger partial charge in [-0.3, -0.25) is 4.79 Å². The first-order valence-electron chi connectivity index (χ1n) is 7.10. The van der Waals surface area contributed by atoms with Gasteiger partial charge in [-0.05, 0) is 42.8 Å². The molecule has 0 saturated carbocycles. The normalized spacial score (nSPS) is 10.6. The molecule has 0 fully saturated rings. The van der Waals surface area contributed by atoms with Crippen LogP contribution in [-0.4, -0.2) is 18.5 Å². The number of halogens is 2. The van der Waals surface area contributed by atoms with Crippen molar-refractivity contribution in [2.75, 3.05) is 11.9 Å². The number of benzene rings is 2.